The van der Waals surface area contributed by atoms with Gasteiger partial charge in [-0.1, -0.05) is 67.5 Å². The van der Waals surface area contributed by atoms with Crippen molar-refractivity contribution in [1.29, 1.82) is 0 Å². The molecule has 0 aliphatic heterocycles. The molecule has 2 atom stereocenters. The van der Waals surface area contributed by atoms with Crippen LogP contribution in [0.2, 0.25) is 0 Å². The zero-order valence-electron chi connectivity index (χ0n) is 21.3. The molecule has 0 fully saturated rings. The van der Waals surface area contributed by atoms with Gasteiger partial charge in [-0.3, -0.25) is 14.2 Å². The molecule has 3 aromatic rings. The van der Waals surface area contributed by atoms with E-state index >= 15 is 0 Å². The fraction of sp³-hybridized carbons (Fsp3) is 0.333. The fourth-order valence-corrected chi connectivity index (χ4v) is 6.07. The van der Waals surface area contributed by atoms with Crippen molar-refractivity contribution >= 4 is 34.2 Å². The van der Waals surface area contributed by atoms with Crippen molar-refractivity contribution < 1.29 is 19.1 Å². The Labute approximate surface area is 217 Å². The highest BCUT2D eigenvalue weighted by molar-refractivity contribution is 8.02. The molecule has 188 valence electrons. The van der Waals surface area contributed by atoms with E-state index in [-0.39, 0.29) is 16.9 Å². The summed E-state index contributed by atoms with van der Waals surface area (Å²) in [5, 5.41) is 1.88. The summed E-state index contributed by atoms with van der Waals surface area (Å²) in [7, 11) is 3.14. The SMILES string of the molecule is CCCCC(=O)C(SC1C=CC(C)=CC1)(C(=O)n1cc2ccccc2c1)c1ccc(OC)c(OC)c1. The molecule has 36 heavy (non-hydrogen) atoms. The number of allylic oxidation sites excluding steroid dienone is 3. The first kappa shape index (κ1) is 25.8. The van der Waals surface area contributed by atoms with Crippen LogP contribution in [0.4, 0.5) is 0 Å². The van der Waals surface area contributed by atoms with Crippen LogP contribution in [0, 0.1) is 0 Å². The predicted molar refractivity (Wildman–Crippen MR) is 147 cm³/mol. The van der Waals surface area contributed by atoms with Crippen molar-refractivity contribution in [2.75, 3.05) is 14.2 Å². The maximum absolute atomic E-state index is 14.5. The maximum Gasteiger partial charge on any atom is 0.259 e. The van der Waals surface area contributed by atoms with E-state index in [1.54, 1.807) is 30.9 Å². The van der Waals surface area contributed by atoms with Gasteiger partial charge in [-0.25, -0.2) is 0 Å². The van der Waals surface area contributed by atoms with Gasteiger partial charge in [-0.05, 0) is 48.2 Å². The lowest BCUT2D eigenvalue weighted by Gasteiger charge is -2.34. The lowest BCUT2D eigenvalue weighted by molar-refractivity contribution is -0.120. The molecule has 1 aliphatic rings. The van der Waals surface area contributed by atoms with E-state index in [9.17, 15) is 9.59 Å². The molecular weight excluding hydrogens is 470 g/mol. The maximum atomic E-state index is 14.5. The van der Waals surface area contributed by atoms with Crippen LogP contribution in [0.3, 0.4) is 0 Å². The molecule has 0 amide bonds. The van der Waals surface area contributed by atoms with Gasteiger partial charge in [-0.2, -0.15) is 0 Å². The van der Waals surface area contributed by atoms with Gasteiger partial charge in [0.1, 0.15) is 0 Å². The van der Waals surface area contributed by atoms with Crippen LogP contribution in [0.25, 0.3) is 10.8 Å². The monoisotopic (exact) mass is 503 g/mol. The van der Waals surface area contributed by atoms with Crippen LogP contribution in [0.15, 0.2) is 78.7 Å². The largest absolute Gasteiger partial charge is 0.493 e. The summed E-state index contributed by atoms with van der Waals surface area (Å²) >= 11 is 1.42. The molecule has 2 aromatic carbocycles. The highest BCUT2D eigenvalue weighted by Gasteiger charge is 2.50. The first-order valence-electron chi connectivity index (χ1n) is 12.3. The standard InChI is InChI=1S/C30H33NO4S/c1-5-6-11-28(32)30(36-25-15-12-21(2)13-16-25,24-14-17-26(34-3)27(18-24)35-4)29(33)31-19-22-9-7-8-10-23(22)20-31/h7-10,12-15,17-20,25H,5-6,11,16H2,1-4H3. The lowest BCUT2D eigenvalue weighted by Crippen LogP contribution is -2.45. The number of hydrogen-bond donors (Lipinski definition) is 0. The van der Waals surface area contributed by atoms with E-state index in [4.69, 9.17) is 9.47 Å². The quantitative estimate of drug-likeness (QED) is 0.280. The Kier molecular flexibility index (Phi) is 8.04. The molecule has 1 aromatic heterocycles. The third-order valence-electron chi connectivity index (χ3n) is 6.60. The second-order valence-corrected chi connectivity index (χ2v) is 10.5. The number of hydrogen-bond acceptors (Lipinski definition) is 5. The Morgan fingerprint density at radius 3 is 2.33 bits per heavy atom. The molecule has 0 saturated heterocycles. The third kappa shape index (κ3) is 5.00. The number of carbonyl (C=O) groups excluding carboxylic acids is 2. The molecule has 6 heteroatoms. The summed E-state index contributed by atoms with van der Waals surface area (Å²) < 4.78 is 11.2. The molecule has 0 radical (unpaired) electrons. The van der Waals surface area contributed by atoms with Gasteiger partial charge in [0.05, 0.1) is 14.2 Å². The molecule has 2 unspecified atom stereocenters. The number of methoxy groups -OCH3 is 2. The van der Waals surface area contributed by atoms with Gasteiger partial charge < -0.3 is 9.47 Å². The van der Waals surface area contributed by atoms with Crippen molar-refractivity contribution in [3.63, 3.8) is 0 Å². The van der Waals surface area contributed by atoms with E-state index in [1.807, 2.05) is 42.7 Å². The molecule has 1 heterocycles. The van der Waals surface area contributed by atoms with E-state index in [0.29, 0.717) is 23.5 Å². The van der Waals surface area contributed by atoms with Crippen LogP contribution < -0.4 is 9.47 Å². The molecule has 0 bridgehead atoms. The molecular formula is C30H33NO4S. The van der Waals surface area contributed by atoms with Crippen molar-refractivity contribution in [2.45, 2.75) is 49.5 Å². The predicted octanol–water partition coefficient (Wildman–Crippen LogP) is 6.96. The Morgan fingerprint density at radius 2 is 1.75 bits per heavy atom. The van der Waals surface area contributed by atoms with Gasteiger partial charge in [-0.15, -0.1) is 11.8 Å². The Bertz CT molecular complexity index is 1290. The van der Waals surface area contributed by atoms with Crippen LogP contribution in [0.5, 0.6) is 11.5 Å². The zero-order valence-corrected chi connectivity index (χ0v) is 22.1. The normalized spacial score (nSPS) is 16.9. The minimum Gasteiger partial charge on any atom is -0.493 e. The van der Waals surface area contributed by atoms with Crippen LogP contribution in [-0.2, 0) is 9.54 Å². The lowest BCUT2D eigenvalue weighted by atomic mass is 9.89. The number of nitrogens with zero attached hydrogens (tertiary/aromatic N) is 1. The van der Waals surface area contributed by atoms with Crippen molar-refractivity contribution in [3.05, 3.63) is 84.2 Å². The van der Waals surface area contributed by atoms with Gasteiger partial charge in [0.15, 0.2) is 22.0 Å². The average molecular weight is 504 g/mol. The summed E-state index contributed by atoms with van der Waals surface area (Å²) in [6.45, 7) is 4.11. The van der Waals surface area contributed by atoms with Crippen LogP contribution >= 0.6 is 11.8 Å². The summed E-state index contributed by atoms with van der Waals surface area (Å²) in [4.78, 5) is 28.7. The van der Waals surface area contributed by atoms with Gasteiger partial charge in [0.2, 0.25) is 0 Å². The van der Waals surface area contributed by atoms with Gasteiger partial charge in [0.25, 0.3) is 5.91 Å². The first-order chi connectivity index (χ1) is 17.4. The fourth-order valence-electron chi connectivity index (χ4n) is 4.56. The smallest absolute Gasteiger partial charge is 0.259 e. The summed E-state index contributed by atoms with van der Waals surface area (Å²) in [6.07, 6.45) is 12.6. The number of unbranched alkanes of at least 4 members (excludes halogenated alkanes) is 1. The second kappa shape index (κ2) is 11.2. The van der Waals surface area contributed by atoms with Gasteiger partial charge >= 0.3 is 0 Å². The van der Waals surface area contributed by atoms with Crippen LogP contribution in [0.1, 0.15) is 49.9 Å². The van der Waals surface area contributed by atoms with Crippen molar-refractivity contribution in [1.82, 2.24) is 4.57 Å². The summed E-state index contributed by atoms with van der Waals surface area (Å²) in [6, 6.07) is 13.2. The Morgan fingerprint density at radius 1 is 1.06 bits per heavy atom. The second-order valence-electron chi connectivity index (χ2n) is 9.08. The molecule has 0 saturated carbocycles. The number of fused-ring (bicyclic) bond motifs is 1. The van der Waals surface area contributed by atoms with E-state index in [1.165, 1.54) is 17.3 Å². The van der Waals surface area contributed by atoms with Gasteiger partial charge in [0, 0.05) is 24.1 Å². The summed E-state index contributed by atoms with van der Waals surface area (Å²) in [5.74, 6) is 0.681. The number of carbonyl (C=O) groups is 2. The number of thioether (sulfide) groups is 1. The minimum atomic E-state index is -1.45. The minimum absolute atomic E-state index is 0.0266. The van der Waals surface area contributed by atoms with Crippen molar-refractivity contribution in [3.8, 4) is 11.5 Å². The molecule has 1 aliphatic carbocycles. The number of aromatic nitrogens is 1. The van der Waals surface area contributed by atoms with E-state index in [0.717, 1.165) is 30.0 Å². The third-order valence-corrected chi connectivity index (χ3v) is 8.25. The first-order valence-corrected chi connectivity index (χ1v) is 13.2. The zero-order chi connectivity index (χ0) is 25.7. The Balaban J connectivity index is 1.91. The number of ether oxygens (including phenoxy) is 2. The van der Waals surface area contributed by atoms with E-state index in [2.05, 4.69) is 32.1 Å². The number of ketones is 1. The van der Waals surface area contributed by atoms with Crippen molar-refractivity contribution in [2.24, 2.45) is 0 Å². The summed E-state index contributed by atoms with van der Waals surface area (Å²) in [5.41, 5.74) is 1.79. The number of Topliss-reactive ketones (excluding diaryl/α,β-unsaturated/α-hetero) is 1. The van der Waals surface area contributed by atoms with Crippen LogP contribution in [-0.4, -0.2) is 35.7 Å². The average Bonchev–Trinajstić information content (AvgIpc) is 3.35. The molecule has 0 spiro atoms. The van der Waals surface area contributed by atoms with E-state index < -0.39 is 4.75 Å². The topological polar surface area (TPSA) is 57.5 Å². The number of rotatable bonds is 10. The highest BCUT2D eigenvalue weighted by Crippen LogP contribution is 2.47. The molecule has 0 N–H and O–H groups in total. The Hall–Kier alpha value is -3.25. The highest BCUT2D eigenvalue weighted by atomic mass is 32.2. The molecule has 5 nitrogen and oxygen atoms in total. The molecule has 4 rings (SSSR count). The number of benzene rings is 2.